The second-order valence-electron chi connectivity index (χ2n) is 5.06. The molecule has 0 aliphatic rings. The van der Waals surface area contributed by atoms with E-state index in [2.05, 4.69) is 5.32 Å². The lowest BCUT2D eigenvalue weighted by Crippen LogP contribution is -2.11. The molecular formula is C18H16FNO2S. The first kappa shape index (κ1) is 15.5. The molecule has 0 unspecified atom stereocenters. The van der Waals surface area contributed by atoms with Crippen LogP contribution in [0.2, 0.25) is 0 Å². The van der Waals surface area contributed by atoms with Gasteiger partial charge < -0.3 is 10.1 Å². The zero-order chi connectivity index (χ0) is 16.2. The second kappa shape index (κ2) is 6.79. The van der Waals surface area contributed by atoms with E-state index in [4.69, 9.17) is 4.74 Å². The Balaban J connectivity index is 1.85. The SMILES string of the molecule is CCCOc1ccccc1NC(=O)c1cc2c(F)cccc2s1. The fraction of sp³-hybridized carbons (Fsp3) is 0.167. The van der Waals surface area contributed by atoms with Crippen LogP contribution < -0.4 is 10.1 Å². The predicted octanol–water partition coefficient (Wildman–Crippen LogP) is 5.08. The lowest BCUT2D eigenvalue weighted by atomic mass is 10.2. The number of para-hydroxylation sites is 2. The molecule has 1 amide bonds. The van der Waals surface area contributed by atoms with Crippen LogP contribution in [-0.2, 0) is 0 Å². The van der Waals surface area contributed by atoms with Gasteiger partial charge in [-0.3, -0.25) is 4.79 Å². The van der Waals surface area contributed by atoms with E-state index >= 15 is 0 Å². The van der Waals surface area contributed by atoms with Crippen LogP contribution in [0.15, 0.2) is 48.5 Å². The van der Waals surface area contributed by atoms with Crippen LogP contribution in [0, 0.1) is 5.82 Å². The number of carbonyl (C=O) groups excluding carboxylic acids is 1. The molecule has 1 heterocycles. The molecule has 0 atom stereocenters. The summed E-state index contributed by atoms with van der Waals surface area (Å²) in [5.41, 5.74) is 0.615. The molecular weight excluding hydrogens is 313 g/mol. The molecule has 0 radical (unpaired) electrons. The molecule has 1 N–H and O–H groups in total. The fourth-order valence-corrected chi connectivity index (χ4v) is 3.20. The number of hydrogen-bond donors (Lipinski definition) is 1. The Labute approximate surface area is 137 Å². The Bertz CT molecular complexity index is 844. The molecule has 0 bridgehead atoms. The fourth-order valence-electron chi connectivity index (χ4n) is 2.23. The first-order chi connectivity index (χ1) is 11.2. The van der Waals surface area contributed by atoms with Crippen LogP contribution in [0.3, 0.4) is 0 Å². The summed E-state index contributed by atoms with van der Waals surface area (Å²) in [6.07, 6.45) is 0.887. The van der Waals surface area contributed by atoms with Gasteiger partial charge in [-0.1, -0.05) is 25.1 Å². The maximum atomic E-state index is 13.7. The first-order valence-corrected chi connectivity index (χ1v) is 8.22. The molecule has 3 nitrogen and oxygen atoms in total. The van der Waals surface area contributed by atoms with Gasteiger partial charge in [0.25, 0.3) is 5.91 Å². The quantitative estimate of drug-likeness (QED) is 0.709. The number of nitrogens with one attached hydrogen (secondary N) is 1. The number of carbonyl (C=O) groups is 1. The van der Waals surface area contributed by atoms with E-state index in [9.17, 15) is 9.18 Å². The molecule has 2 aromatic carbocycles. The van der Waals surface area contributed by atoms with Gasteiger partial charge in [-0.2, -0.15) is 0 Å². The summed E-state index contributed by atoms with van der Waals surface area (Å²) in [4.78, 5) is 12.9. The monoisotopic (exact) mass is 329 g/mol. The molecule has 0 fully saturated rings. The zero-order valence-corrected chi connectivity index (χ0v) is 13.5. The van der Waals surface area contributed by atoms with E-state index in [0.717, 1.165) is 11.1 Å². The Kier molecular flexibility index (Phi) is 4.57. The molecule has 3 rings (SSSR count). The highest BCUT2D eigenvalue weighted by atomic mass is 32.1. The van der Waals surface area contributed by atoms with E-state index in [-0.39, 0.29) is 11.7 Å². The summed E-state index contributed by atoms with van der Waals surface area (Å²) in [5, 5.41) is 3.31. The standard InChI is InChI=1S/C18H16FNO2S/c1-2-10-22-15-8-4-3-7-14(15)20-18(21)17-11-12-13(19)6-5-9-16(12)23-17/h3-9,11H,2,10H2,1H3,(H,20,21). The van der Waals surface area contributed by atoms with Crippen LogP contribution >= 0.6 is 11.3 Å². The van der Waals surface area contributed by atoms with E-state index in [1.807, 2.05) is 25.1 Å². The van der Waals surface area contributed by atoms with Crippen molar-refractivity contribution in [3.63, 3.8) is 0 Å². The maximum Gasteiger partial charge on any atom is 0.265 e. The normalized spacial score (nSPS) is 10.7. The van der Waals surface area contributed by atoms with Gasteiger partial charge in [0.1, 0.15) is 11.6 Å². The van der Waals surface area contributed by atoms with Crippen molar-refractivity contribution in [2.45, 2.75) is 13.3 Å². The van der Waals surface area contributed by atoms with Gasteiger partial charge in [0.2, 0.25) is 0 Å². The highest BCUT2D eigenvalue weighted by molar-refractivity contribution is 7.20. The number of benzene rings is 2. The van der Waals surface area contributed by atoms with E-state index in [0.29, 0.717) is 28.3 Å². The number of ether oxygens (including phenoxy) is 1. The van der Waals surface area contributed by atoms with E-state index in [1.54, 1.807) is 24.3 Å². The number of halogens is 1. The highest BCUT2D eigenvalue weighted by Crippen LogP contribution is 2.30. The van der Waals surface area contributed by atoms with Crippen molar-refractivity contribution < 1.29 is 13.9 Å². The summed E-state index contributed by atoms with van der Waals surface area (Å²) in [5.74, 6) is 0.0534. The maximum absolute atomic E-state index is 13.7. The van der Waals surface area contributed by atoms with Crippen molar-refractivity contribution in [1.82, 2.24) is 0 Å². The smallest absolute Gasteiger partial charge is 0.265 e. The number of fused-ring (bicyclic) bond motifs is 1. The summed E-state index contributed by atoms with van der Waals surface area (Å²) in [7, 11) is 0. The topological polar surface area (TPSA) is 38.3 Å². The molecule has 0 saturated carbocycles. The van der Waals surface area contributed by atoms with E-state index < -0.39 is 0 Å². The van der Waals surface area contributed by atoms with Crippen LogP contribution in [0.5, 0.6) is 5.75 Å². The average molecular weight is 329 g/mol. The lowest BCUT2D eigenvalue weighted by molar-refractivity contribution is 0.103. The first-order valence-electron chi connectivity index (χ1n) is 7.40. The molecule has 0 aliphatic heterocycles. The Morgan fingerprint density at radius 3 is 2.83 bits per heavy atom. The Morgan fingerprint density at radius 1 is 1.22 bits per heavy atom. The molecule has 3 aromatic rings. The zero-order valence-electron chi connectivity index (χ0n) is 12.6. The van der Waals surface area contributed by atoms with Gasteiger partial charge in [-0.25, -0.2) is 4.39 Å². The third-order valence-corrected chi connectivity index (χ3v) is 4.43. The van der Waals surface area contributed by atoms with Crippen LogP contribution in [0.1, 0.15) is 23.0 Å². The van der Waals surface area contributed by atoms with E-state index in [1.165, 1.54) is 17.4 Å². The molecule has 0 saturated heterocycles. The third kappa shape index (κ3) is 3.35. The molecule has 23 heavy (non-hydrogen) atoms. The molecule has 0 aliphatic carbocycles. The molecule has 118 valence electrons. The molecule has 0 spiro atoms. The number of thiophene rings is 1. The number of rotatable bonds is 5. The van der Waals surface area contributed by atoms with Gasteiger partial charge in [0.15, 0.2) is 0 Å². The second-order valence-corrected chi connectivity index (χ2v) is 6.14. The number of hydrogen-bond acceptors (Lipinski definition) is 3. The summed E-state index contributed by atoms with van der Waals surface area (Å²) in [6, 6.07) is 13.7. The molecule has 1 aromatic heterocycles. The largest absolute Gasteiger partial charge is 0.491 e. The van der Waals surface area contributed by atoms with Crippen LogP contribution in [-0.4, -0.2) is 12.5 Å². The number of anilines is 1. The minimum Gasteiger partial charge on any atom is -0.491 e. The van der Waals surface area contributed by atoms with Gasteiger partial charge in [-0.05, 0) is 36.8 Å². The average Bonchev–Trinajstić information content (AvgIpc) is 3.00. The van der Waals surface area contributed by atoms with Crippen LogP contribution in [0.4, 0.5) is 10.1 Å². The van der Waals surface area contributed by atoms with Crippen molar-refractivity contribution in [3.8, 4) is 5.75 Å². The predicted molar refractivity (Wildman–Crippen MR) is 92.0 cm³/mol. The lowest BCUT2D eigenvalue weighted by Gasteiger charge is -2.11. The molecule has 5 heteroatoms. The van der Waals surface area contributed by atoms with Crippen molar-refractivity contribution in [2.75, 3.05) is 11.9 Å². The van der Waals surface area contributed by atoms with Gasteiger partial charge in [0, 0.05) is 10.1 Å². The summed E-state index contributed by atoms with van der Waals surface area (Å²) in [6.45, 7) is 2.61. The summed E-state index contributed by atoms with van der Waals surface area (Å²) >= 11 is 1.27. The minimum atomic E-state index is -0.315. The van der Waals surface area contributed by atoms with Gasteiger partial charge in [-0.15, -0.1) is 11.3 Å². The van der Waals surface area contributed by atoms with Crippen molar-refractivity contribution >= 4 is 33.0 Å². The highest BCUT2D eigenvalue weighted by Gasteiger charge is 2.14. The van der Waals surface area contributed by atoms with Gasteiger partial charge >= 0.3 is 0 Å². The van der Waals surface area contributed by atoms with Crippen molar-refractivity contribution in [2.24, 2.45) is 0 Å². The van der Waals surface area contributed by atoms with Crippen molar-refractivity contribution in [1.29, 1.82) is 0 Å². The Hall–Kier alpha value is -2.40. The number of amides is 1. The van der Waals surface area contributed by atoms with Crippen LogP contribution in [0.25, 0.3) is 10.1 Å². The third-order valence-electron chi connectivity index (χ3n) is 3.33. The van der Waals surface area contributed by atoms with Gasteiger partial charge in [0.05, 0.1) is 17.2 Å². The minimum absolute atomic E-state index is 0.266. The van der Waals surface area contributed by atoms with Crippen molar-refractivity contribution in [3.05, 3.63) is 59.2 Å². The Morgan fingerprint density at radius 2 is 2.04 bits per heavy atom. The summed E-state index contributed by atoms with van der Waals surface area (Å²) < 4.78 is 20.1.